The van der Waals surface area contributed by atoms with Crippen LogP contribution in [-0.2, 0) is 0 Å². The van der Waals surface area contributed by atoms with Crippen molar-refractivity contribution in [2.24, 2.45) is 0 Å². The highest BCUT2D eigenvalue weighted by Gasteiger charge is 2.16. The monoisotopic (exact) mass is 307 g/mol. The quantitative estimate of drug-likeness (QED) is 0.471. The summed E-state index contributed by atoms with van der Waals surface area (Å²) in [6, 6.07) is 16.3. The smallest absolute Gasteiger partial charge is 0.141 e. The SMILES string of the molecule is Cc1cccc(-n2nc(C)c3c(Cl)nc4ccccc4c32)c1. The summed E-state index contributed by atoms with van der Waals surface area (Å²) in [5, 5.41) is 7.19. The molecule has 0 amide bonds. The van der Waals surface area contributed by atoms with Gasteiger partial charge in [-0.15, -0.1) is 0 Å². The van der Waals surface area contributed by atoms with Crippen LogP contribution >= 0.6 is 11.6 Å². The maximum atomic E-state index is 6.41. The number of rotatable bonds is 1. The fourth-order valence-electron chi connectivity index (χ4n) is 2.90. The molecule has 0 fully saturated rings. The Morgan fingerprint density at radius 3 is 2.64 bits per heavy atom. The molecule has 0 N–H and O–H groups in total. The molecule has 3 nitrogen and oxygen atoms in total. The molecule has 0 atom stereocenters. The summed E-state index contributed by atoms with van der Waals surface area (Å²) in [5.74, 6) is 0. The third-order valence-corrected chi connectivity index (χ3v) is 4.16. The number of hydrogen-bond acceptors (Lipinski definition) is 2. The zero-order valence-electron chi connectivity index (χ0n) is 12.3. The first-order chi connectivity index (χ1) is 10.6. The number of hydrogen-bond donors (Lipinski definition) is 0. The average molecular weight is 308 g/mol. The second-order valence-corrected chi connectivity index (χ2v) is 5.84. The number of halogens is 1. The van der Waals surface area contributed by atoms with Crippen molar-refractivity contribution < 1.29 is 0 Å². The minimum absolute atomic E-state index is 0.505. The van der Waals surface area contributed by atoms with E-state index in [1.54, 1.807) is 0 Å². The number of pyridine rings is 1. The van der Waals surface area contributed by atoms with Crippen LogP contribution in [0.3, 0.4) is 0 Å². The Balaban J connectivity index is 2.20. The molecule has 0 spiro atoms. The first-order valence-corrected chi connectivity index (χ1v) is 7.53. The highest BCUT2D eigenvalue weighted by molar-refractivity contribution is 6.35. The summed E-state index contributed by atoms with van der Waals surface area (Å²) in [7, 11) is 0. The van der Waals surface area contributed by atoms with Crippen LogP contribution in [0.1, 0.15) is 11.3 Å². The summed E-state index contributed by atoms with van der Waals surface area (Å²) < 4.78 is 1.97. The van der Waals surface area contributed by atoms with Crippen LogP contribution in [0.4, 0.5) is 0 Å². The van der Waals surface area contributed by atoms with E-state index in [1.165, 1.54) is 5.56 Å². The van der Waals surface area contributed by atoms with E-state index in [0.717, 1.165) is 33.2 Å². The van der Waals surface area contributed by atoms with Gasteiger partial charge in [-0.2, -0.15) is 5.10 Å². The molecular weight excluding hydrogens is 294 g/mol. The normalized spacial score (nSPS) is 11.4. The molecular formula is C18H14ClN3. The maximum absolute atomic E-state index is 6.41. The molecule has 108 valence electrons. The predicted molar refractivity (Wildman–Crippen MR) is 90.9 cm³/mol. The summed E-state index contributed by atoms with van der Waals surface area (Å²) in [6.45, 7) is 4.05. The fourth-order valence-corrected chi connectivity index (χ4v) is 3.22. The van der Waals surface area contributed by atoms with Crippen LogP contribution in [-0.4, -0.2) is 14.8 Å². The topological polar surface area (TPSA) is 30.7 Å². The lowest BCUT2D eigenvalue weighted by Gasteiger charge is -2.07. The van der Waals surface area contributed by atoms with E-state index in [1.807, 2.05) is 35.9 Å². The molecule has 0 radical (unpaired) electrons. The molecule has 0 saturated carbocycles. The van der Waals surface area contributed by atoms with Crippen LogP contribution in [0.2, 0.25) is 5.15 Å². The number of benzene rings is 2. The molecule has 2 aromatic heterocycles. The van der Waals surface area contributed by atoms with Crippen molar-refractivity contribution in [3.05, 3.63) is 64.9 Å². The number of nitrogens with zero attached hydrogens (tertiary/aromatic N) is 3. The number of fused-ring (bicyclic) bond motifs is 3. The largest absolute Gasteiger partial charge is 0.235 e. The van der Waals surface area contributed by atoms with Gasteiger partial charge in [-0.25, -0.2) is 9.67 Å². The van der Waals surface area contributed by atoms with Gasteiger partial charge in [0.1, 0.15) is 5.15 Å². The lowest BCUT2D eigenvalue weighted by Crippen LogP contribution is -1.97. The molecule has 0 saturated heterocycles. The van der Waals surface area contributed by atoms with Gasteiger partial charge in [0.05, 0.1) is 27.8 Å². The lowest BCUT2D eigenvalue weighted by molar-refractivity contribution is 0.890. The van der Waals surface area contributed by atoms with E-state index < -0.39 is 0 Å². The minimum atomic E-state index is 0.505. The molecule has 4 heteroatoms. The van der Waals surface area contributed by atoms with Crippen LogP contribution in [0.15, 0.2) is 48.5 Å². The van der Waals surface area contributed by atoms with E-state index in [9.17, 15) is 0 Å². The summed E-state index contributed by atoms with van der Waals surface area (Å²) in [5.41, 5.74) is 5.01. The van der Waals surface area contributed by atoms with Gasteiger partial charge in [0.15, 0.2) is 0 Å². The summed E-state index contributed by atoms with van der Waals surface area (Å²) in [6.07, 6.45) is 0. The van der Waals surface area contributed by atoms with Crippen molar-refractivity contribution in [1.82, 2.24) is 14.8 Å². The van der Waals surface area contributed by atoms with Gasteiger partial charge >= 0.3 is 0 Å². The molecule has 2 heterocycles. The highest BCUT2D eigenvalue weighted by Crippen LogP contribution is 2.33. The van der Waals surface area contributed by atoms with Gasteiger partial charge in [0.2, 0.25) is 0 Å². The van der Waals surface area contributed by atoms with Gasteiger partial charge in [0, 0.05) is 5.39 Å². The molecule has 0 unspecified atom stereocenters. The van der Waals surface area contributed by atoms with Crippen molar-refractivity contribution in [2.75, 3.05) is 0 Å². The standard InChI is InChI=1S/C18H14ClN3/c1-11-6-5-7-13(10-11)22-17-14-8-3-4-9-15(14)20-18(19)16(17)12(2)21-22/h3-10H,1-2H3. The molecule has 0 aliphatic heterocycles. The van der Waals surface area contributed by atoms with Crippen molar-refractivity contribution in [1.29, 1.82) is 0 Å². The Labute approximate surface area is 133 Å². The molecule has 22 heavy (non-hydrogen) atoms. The van der Waals surface area contributed by atoms with E-state index in [-0.39, 0.29) is 0 Å². The Kier molecular flexibility index (Phi) is 2.91. The van der Waals surface area contributed by atoms with Gasteiger partial charge in [-0.1, -0.05) is 41.9 Å². The third-order valence-electron chi connectivity index (χ3n) is 3.89. The second-order valence-electron chi connectivity index (χ2n) is 5.48. The highest BCUT2D eigenvalue weighted by atomic mass is 35.5. The lowest BCUT2D eigenvalue weighted by atomic mass is 10.1. The number of aryl methyl sites for hydroxylation is 2. The molecule has 4 aromatic rings. The van der Waals surface area contributed by atoms with Crippen LogP contribution in [0.25, 0.3) is 27.5 Å². The Morgan fingerprint density at radius 1 is 1.00 bits per heavy atom. The minimum Gasteiger partial charge on any atom is -0.235 e. The molecule has 2 aromatic carbocycles. The van der Waals surface area contributed by atoms with Crippen LogP contribution in [0.5, 0.6) is 0 Å². The molecule has 0 aliphatic carbocycles. The van der Waals surface area contributed by atoms with Crippen molar-refractivity contribution >= 4 is 33.4 Å². The zero-order chi connectivity index (χ0) is 15.3. The molecule has 0 bridgehead atoms. The molecule has 0 aliphatic rings. The zero-order valence-corrected chi connectivity index (χ0v) is 13.1. The van der Waals surface area contributed by atoms with Crippen molar-refractivity contribution in [2.45, 2.75) is 13.8 Å². The Hall–Kier alpha value is -2.39. The third kappa shape index (κ3) is 1.90. The van der Waals surface area contributed by atoms with Gasteiger partial charge in [-0.05, 0) is 37.6 Å². The Morgan fingerprint density at radius 2 is 1.82 bits per heavy atom. The van der Waals surface area contributed by atoms with Crippen LogP contribution in [0, 0.1) is 13.8 Å². The van der Waals surface area contributed by atoms with E-state index in [2.05, 4.69) is 36.2 Å². The maximum Gasteiger partial charge on any atom is 0.141 e. The van der Waals surface area contributed by atoms with Gasteiger partial charge < -0.3 is 0 Å². The van der Waals surface area contributed by atoms with Crippen molar-refractivity contribution in [3.8, 4) is 5.69 Å². The predicted octanol–water partition coefficient (Wildman–Crippen LogP) is 4.84. The van der Waals surface area contributed by atoms with Gasteiger partial charge in [-0.3, -0.25) is 0 Å². The van der Waals surface area contributed by atoms with Crippen LogP contribution < -0.4 is 0 Å². The fraction of sp³-hybridized carbons (Fsp3) is 0.111. The van der Waals surface area contributed by atoms with Crippen molar-refractivity contribution in [3.63, 3.8) is 0 Å². The van der Waals surface area contributed by atoms with E-state index >= 15 is 0 Å². The average Bonchev–Trinajstić information content (AvgIpc) is 2.86. The number of aromatic nitrogens is 3. The van der Waals surface area contributed by atoms with E-state index in [4.69, 9.17) is 16.7 Å². The summed E-state index contributed by atoms with van der Waals surface area (Å²) in [4.78, 5) is 4.50. The first kappa shape index (κ1) is 13.3. The van der Waals surface area contributed by atoms with E-state index in [0.29, 0.717) is 5.15 Å². The first-order valence-electron chi connectivity index (χ1n) is 7.16. The number of para-hydroxylation sites is 1. The summed E-state index contributed by atoms with van der Waals surface area (Å²) >= 11 is 6.41. The second kappa shape index (κ2) is 4.82. The molecule has 4 rings (SSSR count). The Bertz CT molecular complexity index is 1020. The van der Waals surface area contributed by atoms with Gasteiger partial charge in [0.25, 0.3) is 0 Å².